The van der Waals surface area contributed by atoms with Crippen LogP contribution >= 0.6 is 0 Å². The van der Waals surface area contributed by atoms with Crippen molar-refractivity contribution in [2.75, 3.05) is 0 Å². The average molecular weight is 112 g/mol. The highest BCUT2D eigenvalue weighted by Gasteiger charge is 2.05. The van der Waals surface area contributed by atoms with Crippen LogP contribution in [0.5, 0.6) is 0 Å². The number of nitrogens with zero attached hydrogens (tertiary/aromatic N) is 4. The Morgan fingerprint density at radius 2 is 1.88 bits per heavy atom. The highest BCUT2D eigenvalue weighted by atomic mass is 15.6. The summed E-state index contributed by atoms with van der Waals surface area (Å²) in [6.45, 7) is 2.09. The zero-order valence-corrected chi connectivity index (χ0v) is 4.78. The van der Waals surface area contributed by atoms with E-state index in [9.17, 15) is 0 Å². The van der Waals surface area contributed by atoms with Gasteiger partial charge in [-0.2, -0.15) is 0 Å². The van der Waals surface area contributed by atoms with Gasteiger partial charge in [-0.3, -0.25) is 0 Å². The van der Waals surface area contributed by atoms with E-state index in [0.29, 0.717) is 0 Å². The minimum absolute atomic E-state index is 0.0278. The second kappa shape index (κ2) is 2.49. The van der Waals surface area contributed by atoms with Gasteiger partial charge in [-0.25, -0.2) is 0 Å². The van der Waals surface area contributed by atoms with Crippen LogP contribution in [-0.4, -0.2) is 6.17 Å². The molecule has 0 aromatic rings. The zero-order chi connectivity index (χ0) is 5.82. The van der Waals surface area contributed by atoms with Crippen molar-refractivity contribution in [2.45, 2.75) is 25.9 Å². The first kappa shape index (κ1) is 5.34. The van der Waals surface area contributed by atoms with Crippen LogP contribution in [0.15, 0.2) is 20.7 Å². The van der Waals surface area contributed by atoms with Crippen molar-refractivity contribution >= 4 is 0 Å². The van der Waals surface area contributed by atoms with Gasteiger partial charge in [0.25, 0.3) is 0 Å². The third-order valence-corrected chi connectivity index (χ3v) is 0.957. The van der Waals surface area contributed by atoms with E-state index >= 15 is 0 Å². The molecule has 0 aliphatic carbocycles. The van der Waals surface area contributed by atoms with E-state index in [4.69, 9.17) is 0 Å². The first-order valence-electron chi connectivity index (χ1n) is 2.73. The van der Waals surface area contributed by atoms with Gasteiger partial charge < -0.3 is 0 Å². The van der Waals surface area contributed by atoms with E-state index < -0.39 is 0 Å². The van der Waals surface area contributed by atoms with Gasteiger partial charge in [0.1, 0.15) is 0 Å². The first-order chi connectivity index (χ1) is 3.93. The van der Waals surface area contributed by atoms with Crippen molar-refractivity contribution in [1.29, 1.82) is 0 Å². The molecule has 0 aromatic carbocycles. The lowest BCUT2D eigenvalue weighted by atomic mass is 10.3. The van der Waals surface area contributed by atoms with Gasteiger partial charge in [0.05, 0.1) is 0 Å². The fraction of sp³-hybridized carbons (Fsp3) is 1.00. The zero-order valence-electron chi connectivity index (χ0n) is 4.78. The fourth-order valence-corrected chi connectivity index (χ4v) is 0.562. The molecule has 0 amide bonds. The molecule has 4 nitrogen and oxygen atoms in total. The standard InChI is InChI=1S/C4H8N4/c1-2-3-4-5-7-8-6-4/h4H,2-3H2,1H3. The molecular formula is C4H8N4. The van der Waals surface area contributed by atoms with Crippen LogP contribution in [0.2, 0.25) is 0 Å². The summed E-state index contributed by atoms with van der Waals surface area (Å²) in [7, 11) is 0. The average Bonchev–Trinajstić information content (AvgIpc) is 2.19. The fourth-order valence-electron chi connectivity index (χ4n) is 0.562. The van der Waals surface area contributed by atoms with Crippen molar-refractivity contribution in [2.24, 2.45) is 20.7 Å². The summed E-state index contributed by atoms with van der Waals surface area (Å²) < 4.78 is 0. The lowest BCUT2D eigenvalue weighted by molar-refractivity contribution is 0.624. The number of hydrogen-bond donors (Lipinski definition) is 0. The van der Waals surface area contributed by atoms with Crippen LogP contribution < -0.4 is 0 Å². The molecule has 0 saturated heterocycles. The molecule has 1 aliphatic heterocycles. The van der Waals surface area contributed by atoms with Gasteiger partial charge in [0.2, 0.25) is 0 Å². The Hall–Kier alpha value is -0.800. The van der Waals surface area contributed by atoms with Crippen molar-refractivity contribution in [3.05, 3.63) is 0 Å². The largest absolute Gasteiger partial charge is 0.185 e. The molecular weight excluding hydrogens is 104 g/mol. The molecule has 0 spiro atoms. The molecule has 1 rings (SSSR count). The van der Waals surface area contributed by atoms with E-state index in [0.717, 1.165) is 12.8 Å². The Kier molecular flexibility index (Phi) is 1.66. The maximum atomic E-state index is 3.72. The quantitative estimate of drug-likeness (QED) is 0.524. The van der Waals surface area contributed by atoms with Crippen molar-refractivity contribution in [3.63, 3.8) is 0 Å². The van der Waals surface area contributed by atoms with Gasteiger partial charge in [-0.1, -0.05) is 13.3 Å². The van der Waals surface area contributed by atoms with E-state index in [1.807, 2.05) is 0 Å². The molecule has 0 N–H and O–H groups in total. The Balaban J connectivity index is 2.27. The number of rotatable bonds is 2. The molecule has 0 fully saturated rings. The smallest absolute Gasteiger partial charge is 0.138 e. The maximum absolute atomic E-state index is 3.72. The topological polar surface area (TPSA) is 49.4 Å². The normalized spacial score (nSPS) is 18.1. The van der Waals surface area contributed by atoms with Crippen LogP contribution in [0.1, 0.15) is 19.8 Å². The molecule has 0 aromatic heterocycles. The molecule has 1 aliphatic rings. The SMILES string of the molecule is CCCC1N=NN=N1. The summed E-state index contributed by atoms with van der Waals surface area (Å²) in [5.74, 6) is 0. The molecule has 0 saturated carbocycles. The predicted molar refractivity (Wildman–Crippen MR) is 28.4 cm³/mol. The summed E-state index contributed by atoms with van der Waals surface area (Å²) in [5, 5.41) is 14.2. The van der Waals surface area contributed by atoms with Gasteiger partial charge in [-0.05, 0) is 16.9 Å². The summed E-state index contributed by atoms with van der Waals surface area (Å²) >= 11 is 0. The molecule has 44 valence electrons. The first-order valence-corrected chi connectivity index (χ1v) is 2.73. The van der Waals surface area contributed by atoms with Crippen LogP contribution in [0.25, 0.3) is 0 Å². The molecule has 0 atom stereocenters. The van der Waals surface area contributed by atoms with Crippen LogP contribution in [0.3, 0.4) is 0 Å². The summed E-state index contributed by atoms with van der Waals surface area (Å²) in [4.78, 5) is 0. The van der Waals surface area contributed by atoms with Crippen LogP contribution in [0.4, 0.5) is 0 Å². The summed E-state index contributed by atoms with van der Waals surface area (Å²) in [6.07, 6.45) is 2.08. The molecule has 4 heteroatoms. The number of hydrogen-bond acceptors (Lipinski definition) is 4. The Morgan fingerprint density at radius 3 is 2.38 bits per heavy atom. The lowest BCUT2D eigenvalue weighted by Crippen LogP contribution is -1.92. The Bertz CT molecular complexity index is 105. The van der Waals surface area contributed by atoms with Gasteiger partial charge in [0, 0.05) is 0 Å². The Morgan fingerprint density at radius 1 is 1.25 bits per heavy atom. The van der Waals surface area contributed by atoms with Gasteiger partial charge in [-0.15, -0.1) is 10.2 Å². The van der Waals surface area contributed by atoms with Crippen molar-refractivity contribution < 1.29 is 0 Å². The molecule has 0 bridgehead atoms. The minimum atomic E-state index is 0.0278. The molecule has 8 heavy (non-hydrogen) atoms. The van der Waals surface area contributed by atoms with E-state index in [-0.39, 0.29) is 6.17 Å². The predicted octanol–water partition coefficient (Wildman–Crippen LogP) is 1.95. The third kappa shape index (κ3) is 1.08. The molecule has 0 radical (unpaired) electrons. The van der Waals surface area contributed by atoms with Crippen molar-refractivity contribution in [3.8, 4) is 0 Å². The second-order valence-corrected chi connectivity index (χ2v) is 1.68. The maximum Gasteiger partial charge on any atom is 0.185 e. The Labute approximate surface area is 47.7 Å². The van der Waals surface area contributed by atoms with Gasteiger partial charge in [0.15, 0.2) is 6.17 Å². The van der Waals surface area contributed by atoms with E-state index in [1.54, 1.807) is 0 Å². The third-order valence-electron chi connectivity index (χ3n) is 0.957. The highest BCUT2D eigenvalue weighted by molar-refractivity contribution is 4.59. The monoisotopic (exact) mass is 112 g/mol. The highest BCUT2D eigenvalue weighted by Crippen LogP contribution is 2.09. The minimum Gasteiger partial charge on any atom is -0.138 e. The van der Waals surface area contributed by atoms with Crippen LogP contribution in [0, 0.1) is 0 Å². The molecule has 1 heterocycles. The van der Waals surface area contributed by atoms with E-state index in [2.05, 4.69) is 27.6 Å². The summed E-state index contributed by atoms with van der Waals surface area (Å²) in [5.41, 5.74) is 0. The lowest BCUT2D eigenvalue weighted by Gasteiger charge is -1.92. The van der Waals surface area contributed by atoms with Crippen molar-refractivity contribution in [1.82, 2.24) is 0 Å². The molecule has 0 unspecified atom stereocenters. The van der Waals surface area contributed by atoms with Gasteiger partial charge >= 0.3 is 0 Å². The summed E-state index contributed by atoms with van der Waals surface area (Å²) in [6, 6.07) is 0. The second-order valence-electron chi connectivity index (χ2n) is 1.68. The van der Waals surface area contributed by atoms with Crippen LogP contribution in [-0.2, 0) is 0 Å². The van der Waals surface area contributed by atoms with E-state index in [1.165, 1.54) is 0 Å².